The molecule has 198 valence electrons. The summed E-state index contributed by atoms with van der Waals surface area (Å²) in [4.78, 5) is 36.5. The van der Waals surface area contributed by atoms with Crippen molar-refractivity contribution >= 4 is 40.9 Å². The third-order valence-corrected chi connectivity index (χ3v) is 6.73. The lowest BCUT2D eigenvalue weighted by Gasteiger charge is -2.45. The minimum Gasteiger partial charge on any atom is -0.442 e. The maximum atomic E-state index is 13.6. The SMILES string of the molecule is Cc1ccc(Nc2cccc([C@]3(C)CC(=O)N(C4CCOCC4)C(=NC(=O)OC(C)(C)C)N3)c2Cl)cn1. The van der Waals surface area contributed by atoms with Crippen LogP contribution in [0, 0.1) is 6.92 Å². The number of rotatable bonds is 4. The van der Waals surface area contributed by atoms with E-state index in [9.17, 15) is 9.59 Å². The second-order valence-electron chi connectivity index (χ2n) is 10.6. The molecular weight excluding hydrogens is 494 g/mol. The van der Waals surface area contributed by atoms with E-state index in [-0.39, 0.29) is 24.3 Å². The van der Waals surface area contributed by atoms with E-state index in [1.54, 1.807) is 31.9 Å². The molecule has 0 spiro atoms. The Kier molecular flexibility index (Phi) is 7.75. The van der Waals surface area contributed by atoms with Crippen LogP contribution in [0.1, 0.15) is 58.2 Å². The van der Waals surface area contributed by atoms with Crippen molar-refractivity contribution in [1.29, 1.82) is 0 Å². The van der Waals surface area contributed by atoms with E-state index in [0.717, 1.165) is 11.4 Å². The third kappa shape index (κ3) is 6.40. The molecule has 1 atom stereocenters. The number of ether oxygens (including phenoxy) is 2. The molecule has 0 radical (unpaired) electrons. The van der Waals surface area contributed by atoms with Crippen molar-refractivity contribution in [3.8, 4) is 0 Å². The van der Waals surface area contributed by atoms with Crippen LogP contribution in [0.3, 0.4) is 0 Å². The number of pyridine rings is 1. The number of nitrogens with one attached hydrogen (secondary N) is 2. The highest BCUT2D eigenvalue weighted by molar-refractivity contribution is 6.34. The first kappa shape index (κ1) is 26.9. The number of carbonyl (C=O) groups is 2. The summed E-state index contributed by atoms with van der Waals surface area (Å²) in [7, 11) is 0. The highest BCUT2D eigenvalue weighted by atomic mass is 35.5. The van der Waals surface area contributed by atoms with Gasteiger partial charge in [-0.3, -0.25) is 14.7 Å². The molecule has 2 amide bonds. The highest BCUT2D eigenvalue weighted by Gasteiger charge is 2.44. The number of carbonyl (C=O) groups excluding carboxylic acids is 2. The van der Waals surface area contributed by atoms with E-state index in [0.29, 0.717) is 42.3 Å². The highest BCUT2D eigenvalue weighted by Crippen LogP contribution is 2.39. The molecule has 0 unspecified atom stereocenters. The van der Waals surface area contributed by atoms with Gasteiger partial charge in [-0.15, -0.1) is 4.99 Å². The number of halogens is 1. The number of amides is 2. The third-order valence-electron chi connectivity index (χ3n) is 6.32. The van der Waals surface area contributed by atoms with Crippen molar-refractivity contribution in [2.45, 2.75) is 71.1 Å². The molecule has 2 saturated heterocycles. The molecule has 37 heavy (non-hydrogen) atoms. The fraction of sp³-hybridized carbons (Fsp3) is 0.481. The molecule has 2 aromatic rings. The first-order valence-corrected chi connectivity index (χ1v) is 12.8. The number of hydrogen-bond donors (Lipinski definition) is 2. The second-order valence-corrected chi connectivity index (χ2v) is 11.0. The standard InChI is InChI=1S/C27H34ClN5O4/c1-17-9-10-18(16-29-17)30-21-8-6-7-20(23(21)28)27(5)15-22(34)33(19-11-13-36-14-12-19)24(32-27)31-25(35)37-26(2,3)4/h6-10,16,19,30H,11-15H2,1-5H3,(H,31,32,35)/t27-/m0/s1. The topological polar surface area (TPSA) is 105 Å². The summed E-state index contributed by atoms with van der Waals surface area (Å²) in [6.45, 7) is 10.2. The molecule has 1 aromatic heterocycles. The molecule has 0 bridgehead atoms. The first-order valence-electron chi connectivity index (χ1n) is 12.4. The predicted molar refractivity (Wildman–Crippen MR) is 143 cm³/mol. The number of aliphatic imine (C=N–C) groups is 1. The van der Waals surface area contributed by atoms with Gasteiger partial charge in [0.15, 0.2) is 0 Å². The Morgan fingerprint density at radius 1 is 1.27 bits per heavy atom. The van der Waals surface area contributed by atoms with Gasteiger partial charge in [0.1, 0.15) is 5.60 Å². The van der Waals surface area contributed by atoms with Gasteiger partial charge in [-0.1, -0.05) is 23.7 Å². The van der Waals surface area contributed by atoms with Gasteiger partial charge in [0.05, 0.1) is 34.6 Å². The molecule has 0 saturated carbocycles. The molecule has 10 heteroatoms. The van der Waals surface area contributed by atoms with Gasteiger partial charge >= 0.3 is 6.09 Å². The number of hydrogen-bond acceptors (Lipinski definition) is 6. The van der Waals surface area contributed by atoms with Crippen LogP contribution in [0.15, 0.2) is 41.5 Å². The molecular formula is C27H34ClN5O4. The van der Waals surface area contributed by atoms with Crippen molar-refractivity contribution < 1.29 is 19.1 Å². The van der Waals surface area contributed by atoms with Gasteiger partial charge < -0.3 is 20.1 Å². The van der Waals surface area contributed by atoms with Crippen LogP contribution < -0.4 is 10.6 Å². The Morgan fingerprint density at radius 2 is 2.00 bits per heavy atom. The minimum absolute atomic E-state index is 0.128. The number of benzene rings is 1. The van der Waals surface area contributed by atoms with E-state index >= 15 is 0 Å². The zero-order chi connectivity index (χ0) is 26.8. The van der Waals surface area contributed by atoms with Crippen molar-refractivity contribution in [2.75, 3.05) is 18.5 Å². The van der Waals surface area contributed by atoms with Gasteiger partial charge in [-0.05, 0) is 71.2 Å². The van der Waals surface area contributed by atoms with Crippen molar-refractivity contribution in [2.24, 2.45) is 4.99 Å². The van der Waals surface area contributed by atoms with Crippen LogP contribution in [0.2, 0.25) is 5.02 Å². The lowest BCUT2D eigenvalue weighted by Crippen LogP contribution is -2.63. The summed E-state index contributed by atoms with van der Waals surface area (Å²) in [6, 6.07) is 9.31. The fourth-order valence-electron chi connectivity index (χ4n) is 4.54. The maximum Gasteiger partial charge on any atom is 0.437 e. The van der Waals surface area contributed by atoms with Crippen LogP contribution in [-0.2, 0) is 19.8 Å². The molecule has 2 aliphatic rings. The van der Waals surface area contributed by atoms with E-state index in [2.05, 4.69) is 20.6 Å². The number of nitrogens with zero attached hydrogens (tertiary/aromatic N) is 3. The summed E-state index contributed by atoms with van der Waals surface area (Å²) in [5.74, 6) is 0.0182. The maximum absolute atomic E-state index is 13.6. The monoisotopic (exact) mass is 527 g/mol. The second kappa shape index (κ2) is 10.7. The summed E-state index contributed by atoms with van der Waals surface area (Å²) >= 11 is 6.89. The predicted octanol–water partition coefficient (Wildman–Crippen LogP) is 5.29. The van der Waals surface area contributed by atoms with Gasteiger partial charge in [0.2, 0.25) is 11.9 Å². The largest absolute Gasteiger partial charge is 0.442 e. The number of anilines is 2. The van der Waals surface area contributed by atoms with Crippen LogP contribution in [0.4, 0.5) is 16.2 Å². The van der Waals surface area contributed by atoms with Crippen molar-refractivity contribution in [3.63, 3.8) is 0 Å². The van der Waals surface area contributed by atoms with Gasteiger partial charge in [0, 0.05) is 24.9 Å². The zero-order valence-electron chi connectivity index (χ0n) is 21.9. The summed E-state index contributed by atoms with van der Waals surface area (Å²) in [6.07, 6.45) is 2.41. The number of aromatic nitrogens is 1. The molecule has 3 heterocycles. The van der Waals surface area contributed by atoms with E-state index in [1.165, 1.54) is 0 Å². The number of guanidine groups is 1. The molecule has 1 aromatic carbocycles. The van der Waals surface area contributed by atoms with E-state index in [4.69, 9.17) is 21.1 Å². The molecule has 2 aliphatic heterocycles. The lowest BCUT2D eigenvalue weighted by atomic mass is 9.85. The van der Waals surface area contributed by atoms with Crippen LogP contribution in [-0.4, -0.2) is 52.7 Å². The average Bonchev–Trinajstić information content (AvgIpc) is 2.81. The van der Waals surface area contributed by atoms with Crippen LogP contribution >= 0.6 is 11.6 Å². The first-order chi connectivity index (χ1) is 17.4. The Hall–Kier alpha value is -3.17. The quantitative estimate of drug-likeness (QED) is 0.556. The smallest absolute Gasteiger partial charge is 0.437 e. The lowest BCUT2D eigenvalue weighted by molar-refractivity contribution is -0.133. The normalized spacial score (nSPS) is 22.1. The Bertz CT molecular complexity index is 1190. The Labute approximate surface area is 222 Å². The summed E-state index contributed by atoms with van der Waals surface area (Å²) in [5.41, 5.74) is 1.45. The van der Waals surface area contributed by atoms with Gasteiger partial charge in [0.25, 0.3) is 0 Å². The van der Waals surface area contributed by atoms with Crippen molar-refractivity contribution in [1.82, 2.24) is 15.2 Å². The Balaban J connectivity index is 1.68. The molecule has 0 aliphatic carbocycles. The average molecular weight is 528 g/mol. The van der Waals surface area contributed by atoms with Gasteiger partial charge in [-0.2, -0.15) is 0 Å². The van der Waals surface area contributed by atoms with Crippen molar-refractivity contribution in [3.05, 3.63) is 52.8 Å². The van der Waals surface area contributed by atoms with E-state index in [1.807, 2.05) is 44.2 Å². The Morgan fingerprint density at radius 3 is 2.65 bits per heavy atom. The number of aryl methyl sites for hydroxylation is 1. The molecule has 2 fully saturated rings. The zero-order valence-corrected chi connectivity index (χ0v) is 22.7. The minimum atomic E-state index is -0.917. The van der Waals surface area contributed by atoms with Crippen LogP contribution in [0.5, 0.6) is 0 Å². The molecule has 2 N–H and O–H groups in total. The van der Waals surface area contributed by atoms with Gasteiger partial charge in [-0.25, -0.2) is 4.79 Å². The summed E-state index contributed by atoms with van der Waals surface area (Å²) in [5, 5.41) is 7.13. The molecule has 9 nitrogen and oxygen atoms in total. The molecule has 4 rings (SSSR count). The van der Waals surface area contributed by atoms with E-state index < -0.39 is 17.2 Å². The fourth-order valence-corrected chi connectivity index (χ4v) is 4.93. The van der Waals surface area contributed by atoms with Crippen LogP contribution in [0.25, 0.3) is 0 Å². The summed E-state index contributed by atoms with van der Waals surface area (Å²) < 4.78 is 10.9.